The lowest BCUT2D eigenvalue weighted by atomic mass is 9.98. The highest BCUT2D eigenvalue weighted by Gasteiger charge is 2.13. The molecule has 0 aromatic heterocycles. The van der Waals surface area contributed by atoms with Crippen molar-refractivity contribution in [1.82, 2.24) is 0 Å². The molecule has 0 saturated heterocycles. The third-order valence-electron chi connectivity index (χ3n) is 3.10. The van der Waals surface area contributed by atoms with Crippen LogP contribution in [-0.4, -0.2) is 17.5 Å². The summed E-state index contributed by atoms with van der Waals surface area (Å²) in [4.78, 5) is 10.9. The number of carbonyl (C=O) groups excluding carboxylic acids is 1. The topological polar surface area (TPSA) is 46.5 Å². The first-order valence-corrected chi connectivity index (χ1v) is 6.80. The van der Waals surface area contributed by atoms with Crippen molar-refractivity contribution in [3.05, 3.63) is 65.2 Å². The molecule has 0 fully saturated rings. The van der Waals surface area contributed by atoms with Crippen LogP contribution in [0.5, 0.6) is 11.5 Å². The highest BCUT2D eigenvalue weighted by Crippen LogP contribution is 2.34. The summed E-state index contributed by atoms with van der Waals surface area (Å²) in [6, 6.07) is 13.1. The lowest BCUT2D eigenvalue weighted by molar-refractivity contribution is -0.107. The molecule has 0 bridgehead atoms. The zero-order valence-corrected chi connectivity index (χ0v) is 12.3. The van der Waals surface area contributed by atoms with Crippen molar-refractivity contribution < 1.29 is 14.6 Å². The Bertz CT molecular complexity index is 663. The van der Waals surface area contributed by atoms with Gasteiger partial charge in [-0.05, 0) is 40.9 Å². The van der Waals surface area contributed by atoms with Gasteiger partial charge in [-0.2, -0.15) is 0 Å². The normalized spacial score (nSPS) is 10.8. The van der Waals surface area contributed by atoms with Crippen molar-refractivity contribution in [2.24, 2.45) is 0 Å². The van der Waals surface area contributed by atoms with Gasteiger partial charge in [-0.1, -0.05) is 36.4 Å². The Morgan fingerprint density at radius 3 is 2.57 bits per heavy atom. The monoisotopic (exact) mass is 302 g/mol. The maximum atomic E-state index is 10.9. The van der Waals surface area contributed by atoms with Gasteiger partial charge >= 0.3 is 0 Å². The molecule has 0 aliphatic carbocycles. The average Bonchev–Trinajstić information content (AvgIpc) is 2.47. The molecule has 0 radical (unpaired) electrons. The Morgan fingerprint density at radius 1 is 1.24 bits per heavy atom. The fraction of sp³-hybridized carbons (Fsp3) is 0.118. The number of carbonyl (C=O) groups is 1. The molecule has 0 spiro atoms. The molecule has 2 rings (SSSR count). The molecule has 0 atom stereocenters. The highest BCUT2D eigenvalue weighted by molar-refractivity contribution is 6.66. The molecule has 0 unspecified atom stereocenters. The molecule has 3 nitrogen and oxygen atoms in total. The summed E-state index contributed by atoms with van der Waals surface area (Å²) in [5, 5.41) is 9.38. The molecular weight excluding hydrogens is 288 g/mol. The maximum Gasteiger partial charge on any atom is 0.245 e. The number of aromatic hydroxyl groups is 1. The van der Waals surface area contributed by atoms with Crippen LogP contribution in [0.25, 0.3) is 6.08 Å². The fourth-order valence-electron chi connectivity index (χ4n) is 2.15. The second-order valence-corrected chi connectivity index (χ2v) is 4.86. The van der Waals surface area contributed by atoms with Crippen LogP contribution >= 0.6 is 11.6 Å². The number of halogens is 1. The van der Waals surface area contributed by atoms with Crippen LogP contribution in [0.2, 0.25) is 0 Å². The first-order valence-electron chi connectivity index (χ1n) is 6.42. The van der Waals surface area contributed by atoms with Crippen molar-refractivity contribution in [3.8, 4) is 11.5 Å². The van der Waals surface area contributed by atoms with E-state index in [1.165, 1.54) is 19.3 Å². The number of methoxy groups -OCH3 is 1. The molecular formula is C17H15ClO3. The molecule has 0 aliphatic heterocycles. The van der Waals surface area contributed by atoms with E-state index in [0.717, 1.165) is 16.7 Å². The van der Waals surface area contributed by atoms with Crippen LogP contribution in [0.4, 0.5) is 0 Å². The smallest absolute Gasteiger partial charge is 0.245 e. The zero-order chi connectivity index (χ0) is 15.2. The predicted molar refractivity (Wildman–Crippen MR) is 83.8 cm³/mol. The van der Waals surface area contributed by atoms with E-state index >= 15 is 0 Å². The van der Waals surface area contributed by atoms with Gasteiger partial charge in [-0.15, -0.1) is 0 Å². The summed E-state index contributed by atoms with van der Waals surface area (Å²) in [5.41, 5.74) is 2.66. The summed E-state index contributed by atoms with van der Waals surface area (Å²) in [5.74, 6) is 0.473. The van der Waals surface area contributed by atoms with E-state index in [9.17, 15) is 9.90 Å². The lowest BCUT2D eigenvalue weighted by Crippen LogP contribution is -1.98. The van der Waals surface area contributed by atoms with E-state index in [2.05, 4.69) is 0 Å². The van der Waals surface area contributed by atoms with Gasteiger partial charge in [-0.25, -0.2) is 0 Å². The SMILES string of the molecule is COc1c(O)ccc(C=CC(=O)Cl)c1Cc1ccccc1. The molecule has 0 saturated carbocycles. The van der Waals surface area contributed by atoms with Crippen LogP contribution in [0.1, 0.15) is 16.7 Å². The first-order chi connectivity index (χ1) is 10.1. The first kappa shape index (κ1) is 15.1. The summed E-state index contributed by atoms with van der Waals surface area (Å²) < 4.78 is 5.29. The molecule has 21 heavy (non-hydrogen) atoms. The summed E-state index contributed by atoms with van der Waals surface area (Å²) in [6.45, 7) is 0. The van der Waals surface area contributed by atoms with Gasteiger partial charge in [0, 0.05) is 12.0 Å². The summed E-state index contributed by atoms with van der Waals surface area (Å²) in [6.07, 6.45) is 3.48. The Hall–Kier alpha value is -2.26. The van der Waals surface area contributed by atoms with E-state index in [4.69, 9.17) is 16.3 Å². The van der Waals surface area contributed by atoms with Gasteiger partial charge in [0.1, 0.15) is 0 Å². The van der Waals surface area contributed by atoms with Crippen LogP contribution in [0, 0.1) is 0 Å². The van der Waals surface area contributed by atoms with Crippen molar-refractivity contribution in [3.63, 3.8) is 0 Å². The minimum Gasteiger partial charge on any atom is -0.504 e. The second-order valence-electron chi connectivity index (χ2n) is 4.49. The Balaban J connectivity index is 2.48. The third kappa shape index (κ3) is 3.86. The molecule has 4 heteroatoms. The average molecular weight is 303 g/mol. The fourth-order valence-corrected chi connectivity index (χ4v) is 2.22. The van der Waals surface area contributed by atoms with Crippen molar-refractivity contribution >= 4 is 22.9 Å². The van der Waals surface area contributed by atoms with Gasteiger partial charge < -0.3 is 9.84 Å². The molecule has 108 valence electrons. The van der Waals surface area contributed by atoms with Crippen molar-refractivity contribution in [2.75, 3.05) is 7.11 Å². The number of hydrogen-bond acceptors (Lipinski definition) is 3. The number of benzene rings is 2. The number of hydrogen-bond donors (Lipinski definition) is 1. The van der Waals surface area contributed by atoms with E-state index < -0.39 is 5.24 Å². The summed E-state index contributed by atoms with van der Waals surface area (Å²) in [7, 11) is 1.50. The van der Waals surface area contributed by atoms with Crippen LogP contribution < -0.4 is 4.74 Å². The summed E-state index contributed by atoms with van der Waals surface area (Å²) >= 11 is 5.34. The molecule has 2 aromatic rings. The van der Waals surface area contributed by atoms with Crippen LogP contribution in [0.15, 0.2) is 48.5 Å². The molecule has 0 aliphatic rings. The van der Waals surface area contributed by atoms with E-state index in [1.807, 2.05) is 30.3 Å². The maximum absolute atomic E-state index is 10.9. The Kier molecular flexibility index (Phi) is 5.01. The number of ether oxygens (including phenoxy) is 1. The third-order valence-corrected chi connectivity index (χ3v) is 3.22. The number of allylic oxidation sites excluding steroid dienone is 1. The van der Waals surface area contributed by atoms with Gasteiger partial charge in [-0.3, -0.25) is 4.79 Å². The van der Waals surface area contributed by atoms with Crippen molar-refractivity contribution in [1.29, 1.82) is 0 Å². The standard InChI is InChI=1S/C17H15ClO3/c1-21-17-14(11-12-5-3-2-4-6-12)13(7-9-15(17)19)8-10-16(18)20/h2-10,19H,11H2,1H3. The van der Waals surface area contributed by atoms with E-state index in [0.29, 0.717) is 12.2 Å². The zero-order valence-electron chi connectivity index (χ0n) is 11.5. The Morgan fingerprint density at radius 2 is 1.95 bits per heavy atom. The number of rotatable bonds is 5. The lowest BCUT2D eigenvalue weighted by Gasteiger charge is -2.13. The minimum absolute atomic E-state index is 0.0674. The quantitative estimate of drug-likeness (QED) is 0.675. The minimum atomic E-state index is -0.548. The molecule has 0 heterocycles. The van der Waals surface area contributed by atoms with Gasteiger partial charge in [0.2, 0.25) is 5.24 Å². The molecule has 0 amide bonds. The van der Waals surface area contributed by atoms with Crippen molar-refractivity contribution in [2.45, 2.75) is 6.42 Å². The molecule has 2 aromatic carbocycles. The van der Waals surface area contributed by atoms with Gasteiger partial charge in [0.05, 0.1) is 7.11 Å². The van der Waals surface area contributed by atoms with Crippen LogP contribution in [-0.2, 0) is 11.2 Å². The van der Waals surface area contributed by atoms with Gasteiger partial charge in [0.25, 0.3) is 0 Å². The van der Waals surface area contributed by atoms with Crippen LogP contribution in [0.3, 0.4) is 0 Å². The molecule has 1 N–H and O–H groups in total. The van der Waals surface area contributed by atoms with E-state index in [1.54, 1.807) is 12.1 Å². The second kappa shape index (κ2) is 6.95. The van der Waals surface area contributed by atoms with E-state index in [-0.39, 0.29) is 5.75 Å². The van der Waals surface area contributed by atoms with Gasteiger partial charge in [0.15, 0.2) is 11.5 Å². The predicted octanol–water partition coefficient (Wildman–Crippen LogP) is 3.77. The number of phenolic OH excluding ortho intramolecular Hbond substituents is 1. The number of phenols is 1. The Labute approximate surface area is 128 Å². The highest BCUT2D eigenvalue weighted by atomic mass is 35.5. The largest absolute Gasteiger partial charge is 0.504 e.